The minimum absolute atomic E-state index is 0.461. The Hall–Kier alpha value is -3.36. The molecule has 0 amide bonds. The van der Waals surface area contributed by atoms with Crippen molar-refractivity contribution in [3.63, 3.8) is 0 Å². The zero-order valence-electron chi connectivity index (χ0n) is 15.7. The van der Waals surface area contributed by atoms with Crippen LogP contribution in [0.1, 0.15) is 32.3 Å². The van der Waals surface area contributed by atoms with Crippen molar-refractivity contribution in [2.75, 3.05) is 0 Å². The van der Waals surface area contributed by atoms with E-state index in [1.165, 1.54) is 0 Å². The molecule has 0 aliphatic heterocycles. The Morgan fingerprint density at radius 2 is 2.19 bits per heavy atom. The Balaban J connectivity index is 1.89. The summed E-state index contributed by atoms with van der Waals surface area (Å²) in [5.74, 6) is 0.954. The maximum Gasteiger partial charge on any atom is 0.261 e. The maximum absolute atomic E-state index is 5.51. The fourth-order valence-corrected chi connectivity index (χ4v) is 2.82. The van der Waals surface area contributed by atoms with Gasteiger partial charge in [-0.2, -0.15) is 10.1 Å². The van der Waals surface area contributed by atoms with E-state index >= 15 is 0 Å². The van der Waals surface area contributed by atoms with Crippen LogP contribution in [0, 0.1) is 0 Å². The third kappa shape index (κ3) is 4.08. The summed E-state index contributed by atoms with van der Waals surface area (Å²) in [6.07, 6.45) is 9.68. The molecule has 0 spiro atoms. The Kier molecular flexibility index (Phi) is 5.70. The zero-order chi connectivity index (χ0) is 19.2. The maximum atomic E-state index is 5.51. The minimum atomic E-state index is 0.461. The van der Waals surface area contributed by atoms with Crippen molar-refractivity contribution >= 4 is 5.57 Å². The average Bonchev–Trinajstić information content (AvgIpc) is 3.40. The number of nitrogens with zero attached hydrogens (tertiary/aromatic N) is 8. The van der Waals surface area contributed by atoms with Crippen LogP contribution in [0.3, 0.4) is 0 Å². The molecule has 0 atom stereocenters. The van der Waals surface area contributed by atoms with Gasteiger partial charge in [0.1, 0.15) is 6.33 Å². The third-order valence-corrected chi connectivity index (χ3v) is 4.00. The van der Waals surface area contributed by atoms with E-state index in [1.54, 1.807) is 23.3 Å². The third-order valence-electron chi connectivity index (χ3n) is 4.00. The van der Waals surface area contributed by atoms with Gasteiger partial charge in [-0.3, -0.25) is 4.68 Å². The quantitative estimate of drug-likeness (QED) is 0.565. The van der Waals surface area contributed by atoms with Crippen molar-refractivity contribution in [1.29, 1.82) is 0 Å². The minimum Gasteiger partial charge on any atom is -0.333 e. The van der Waals surface area contributed by atoms with Crippen molar-refractivity contribution in [2.45, 2.75) is 40.3 Å². The predicted molar refractivity (Wildman–Crippen MR) is 100 cm³/mol. The molecular formula is C18H22N8O. The van der Waals surface area contributed by atoms with Gasteiger partial charge in [-0.15, -0.1) is 5.10 Å². The molecule has 0 radical (unpaired) electrons. The Bertz CT molecular complexity index is 962. The molecule has 3 rings (SSSR count). The molecule has 0 saturated heterocycles. The molecule has 0 bridgehead atoms. The summed E-state index contributed by atoms with van der Waals surface area (Å²) in [5, 5.41) is 19.7. The van der Waals surface area contributed by atoms with Gasteiger partial charge in [0.15, 0.2) is 0 Å². The van der Waals surface area contributed by atoms with Crippen LogP contribution in [0.2, 0.25) is 0 Å². The largest absolute Gasteiger partial charge is 0.333 e. The van der Waals surface area contributed by atoms with Crippen LogP contribution in [-0.2, 0) is 19.5 Å². The zero-order valence-corrected chi connectivity index (χ0v) is 15.7. The smallest absolute Gasteiger partial charge is 0.261 e. The van der Waals surface area contributed by atoms with Gasteiger partial charge in [-0.1, -0.05) is 42.5 Å². The first-order chi connectivity index (χ1) is 13.2. The molecule has 0 fully saturated rings. The number of tetrazole rings is 1. The topological polar surface area (TPSA) is 100 Å². The van der Waals surface area contributed by atoms with Crippen molar-refractivity contribution in [1.82, 2.24) is 40.1 Å². The lowest BCUT2D eigenvalue weighted by Crippen LogP contribution is -2.01. The highest BCUT2D eigenvalue weighted by Gasteiger charge is 2.17. The average molecular weight is 366 g/mol. The van der Waals surface area contributed by atoms with Gasteiger partial charge in [-0.05, 0) is 30.7 Å². The molecule has 27 heavy (non-hydrogen) atoms. The van der Waals surface area contributed by atoms with Crippen molar-refractivity contribution in [3.05, 3.63) is 54.4 Å². The molecule has 9 nitrogen and oxygen atoms in total. The second kappa shape index (κ2) is 8.35. The molecular weight excluding hydrogens is 344 g/mol. The lowest BCUT2D eigenvalue weighted by molar-refractivity contribution is 0.428. The number of allylic oxidation sites excluding steroid dienone is 5. The van der Waals surface area contributed by atoms with Crippen LogP contribution >= 0.6 is 0 Å². The summed E-state index contributed by atoms with van der Waals surface area (Å²) in [6, 6.07) is 0. The molecule has 9 heteroatoms. The summed E-state index contributed by atoms with van der Waals surface area (Å²) >= 11 is 0. The Morgan fingerprint density at radius 3 is 2.85 bits per heavy atom. The fraction of sp³-hybridized carbons (Fsp3) is 0.333. The number of aromatic nitrogens is 8. The van der Waals surface area contributed by atoms with Crippen LogP contribution in [-0.4, -0.2) is 40.1 Å². The highest BCUT2D eigenvalue weighted by atomic mass is 16.5. The highest BCUT2D eigenvalue weighted by molar-refractivity contribution is 5.72. The van der Waals surface area contributed by atoms with Crippen LogP contribution in [0.5, 0.6) is 0 Å². The normalized spacial score (nSPS) is 12.6. The molecule has 0 aromatic carbocycles. The summed E-state index contributed by atoms with van der Waals surface area (Å²) in [4.78, 5) is 4.57. The molecule has 3 heterocycles. The lowest BCUT2D eigenvalue weighted by Gasteiger charge is -2.02. The molecule has 3 aromatic rings. The molecule has 0 aliphatic rings. The summed E-state index contributed by atoms with van der Waals surface area (Å²) in [7, 11) is 0. The molecule has 0 N–H and O–H groups in total. The van der Waals surface area contributed by atoms with Crippen LogP contribution in [0.15, 0.2) is 47.4 Å². The molecule has 140 valence electrons. The van der Waals surface area contributed by atoms with Crippen molar-refractivity contribution in [2.24, 2.45) is 0 Å². The van der Waals surface area contributed by atoms with Gasteiger partial charge in [0.2, 0.25) is 5.82 Å². The first kappa shape index (κ1) is 18.4. The SMILES string of the molecule is C=C/C=C(\C=C(/C)Cn1cnnn1)c1noc(-c2cnn(CC)c2CC)n1. The Labute approximate surface area is 157 Å². The number of rotatable bonds is 8. The molecule has 0 saturated carbocycles. The fourth-order valence-electron chi connectivity index (χ4n) is 2.82. The van der Waals surface area contributed by atoms with Crippen LogP contribution < -0.4 is 0 Å². The second-order valence-corrected chi connectivity index (χ2v) is 5.95. The van der Waals surface area contributed by atoms with Gasteiger partial charge in [0.25, 0.3) is 5.89 Å². The monoisotopic (exact) mass is 366 g/mol. The van der Waals surface area contributed by atoms with Gasteiger partial charge >= 0.3 is 0 Å². The molecule has 3 aromatic heterocycles. The first-order valence-corrected chi connectivity index (χ1v) is 8.76. The summed E-state index contributed by atoms with van der Waals surface area (Å²) in [5.41, 5.74) is 3.78. The van der Waals surface area contributed by atoms with E-state index in [0.29, 0.717) is 18.3 Å². The number of hydrogen-bond donors (Lipinski definition) is 0. The van der Waals surface area contributed by atoms with E-state index in [9.17, 15) is 0 Å². The first-order valence-electron chi connectivity index (χ1n) is 8.76. The predicted octanol–water partition coefficient (Wildman–Crippen LogP) is 2.72. The lowest BCUT2D eigenvalue weighted by atomic mass is 10.1. The Morgan fingerprint density at radius 1 is 1.33 bits per heavy atom. The van der Waals surface area contributed by atoms with E-state index in [4.69, 9.17) is 4.52 Å². The van der Waals surface area contributed by atoms with E-state index < -0.39 is 0 Å². The van der Waals surface area contributed by atoms with E-state index in [1.807, 2.05) is 23.8 Å². The van der Waals surface area contributed by atoms with E-state index in [0.717, 1.165) is 35.4 Å². The second-order valence-electron chi connectivity index (χ2n) is 5.95. The molecule has 0 unspecified atom stereocenters. The van der Waals surface area contributed by atoms with Gasteiger partial charge < -0.3 is 4.52 Å². The van der Waals surface area contributed by atoms with Crippen molar-refractivity contribution in [3.8, 4) is 11.5 Å². The summed E-state index contributed by atoms with van der Waals surface area (Å²) < 4.78 is 9.09. The standard InChI is InChI=1S/C18H22N8O/c1-5-8-14(9-13(4)11-25-12-19-23-24-25)17-21-18(27-22-17)15-10-20-26(7-3)16(15)6-2/h5,8-10,12H,1,6-7,11H2,2-4H3/b13-9+,14-8+. The summed E-state index contributed by atoms with van der Waals surface area (Å²) in [6.45, 7) is 11.3. The van der Waals surface area contributed by atoms with Crippen LogP contribution in [0.25, 0.3) is 17.0 Å². The van der Waals surface area contributed by atoms with Crippen molar-refractivity contribution < 1.29 is 4.52 Å². The molecule has 0 aliphatic carbocycles. The van der Waals surface area contributed by atoms with E-state index in [2.05, 4.69) is 51.2 Å². The van der Waals surface area contributed by atoms with Gasteiger partial charge in [0.05, 0.1) is 24.0 Å². The van der Waals surface area contributed by atoms with E-state index in [-0.39, 0.29) is 0 Å². The number of hydrogen-bond acceptors (Lipinski definition) is 7. The van der Waals surface area contributed by atoms with Crippen LogP contribution in [0.4, 0.5) is 0 Å². The van der Waals surface area contributed by atoms with Gasteiger partial charge in [0, 0.05) is 12.1 Å². The van der Waals surface area contributed by atoms with Gasteiger partial charge in [-0.25, -0.2) is 4.68 Å². The number of aryl methyl sites for hydroxylation is 1. The highest BCUT2D eigenvalue weighted by Crippen LogP contribution is 2.25.